The molecule has 68 heavy (non-hydrogen) atoms. The van der Waals surface area contributed by atoms with Crippen LogP contribution in [0.25, 0.3) is 55.6 Å². The third-order valence-electron chi connectivity index (χ3n) is 14.6. The van der Waals surface area contributed by atoms with E-state index in [4.69, 9.17) is 0 Å². The summed E-state index contributed by atoms with van der Waals surface area (Å²) in [4.78, 5) is 4.91. The molecule has 0 fully saturated rings. The summed E-state index contributed by atoms with van der Waals surface area (Å²) in [6.45, 7) is 9.79. The van der Waals surface area contributed by atoms with Gasteiger partial charge in [-0.05, 0) is 140 Å². The average molecular weight is 873 g/mol. The van der Waals surface area contributed by atoms with E-state index in [1.54, 1.807) is 0 Å². The molecular formula is C66H52N2. The van der Waals surface area contributed by atoms with E-state index < -0.39 is 0 Å². The zero-order chi connectivity index (χ0) is 46.0. The number of rotatable bonds is 9. The molecule has 326 valence electrons. The van der Waals surface area contributed by atoms with Crippen molar-refractivity contribution in [1.29, 1.82) is 0 Å². The number of benzene rings is 10. The van der Waals surface area contributed by atoms with Crippen LogP contribution in [0.4, 0.5) is 34.1 Å². The van der Waals surface area contributed by atoms with Gasteiger partial charge in [-0.15, -0.1) is 0 Å². The molecule has 10 aromatic rings. The molecule has 10 aromatic carbocycles. The van der Waals surface area contributed by atoms with Crippen molar-refractivity contribution in [1.82, 2.24) is 0 Å². The van der Waals surface area contributed by atoms with Crippen LogP contribution in [0.15, 0.2) is 243 Å². The molecule has 2 nitrogen and oxygen atoms in total. The van der Waals surface area contributed by atoms with Crippen LogP contribution in [-0.4, -0.2) is 0 Å². The Morgan fingerprint density at radius 3 is 0.853 bits per heavy atom. The van der Waals surface area contributed by atoms with Gasteiger partial charge < -0.3 is 9.80 Å². The predicted molar refractivity (Wildman–Crippen MR) is 287 cm³/mol. The van der Waals surface area contributed by atoms with Gasteiger partial charge in [-0.25, -0.2) is 0 Å². The Labute approximate surface area is 401 Å². The molecule has 0 saturated heterocycles. The van der Waals surface area contributed by atoms with E-state index in [0.29, 0.717) is 0 Å². The van der Waals surface area contributed by atoms with Crippen LogP contribution < -0.4 is 9.80 Å². The lowest BCUT2D eigenvalue weighted by molar-refractivity contribution is 0.655. The summed E-state index contributed by atoms with van der Waals surface area (Å²) < 4.78 is 0. The molecule has 0 saturated carbocycles. The molecule has 0 aliphatic heterocycles. The number of anilines is 6. The van der Waals surface area contributed by atoms with Gasteiger partial charge in [-0.1, -0.05) is 198 Å². The Bertz CT molecular complexity index is 3160. The van der Waals surface area contributed by atoms with Gasteiger partial charge in [0.2, 0.25) is 0 Å². The SMILES string of the molecule is CC1(C)c2cc(-c3ccccc3)ccc2-c2c(N(c3ccccc3)c3ccccc3)ccc(-c3ccc(N(c4ccccc4)c4ccccc4)c4c3C(C)(C)c3cc(-c5ccccc5)ccc3-4)c21. The second-order valence-electron chi connectivity index (χ2n) is 19.3. The van der Waals surface area contributed by atoms with Gasteiger partial charge in [0.25, 0.3) is 0 Å². The maximum atomic E-state index is 2.46. The molecule has 0 unspecified atom stereocenters. The highest BCUT2D eigenvalue weighted by Gasteiger charge is 2.45. The van der Waals surface area contributed by atoms with E-state index in [2.05, 4.69) is 280 Å². The van der Waals surface area contributed by atoms with E-state index >= 15 is 0 Å². The van der Waals surface area contributed by atoms with Crippen LogP contribution in [0.1, 0.15) is 49.9 Å². The Kier molecular flexibility index (Phi) is 9.88. The molecule has 0 bridgehead atoms. The summed E-state index contributed by atoms with van der Waals surface area (Å²) in [5.74, 6) is 0. The van der Waals surface area contributed by atoms with E-state index in [1.807, 2.05) is 0 Å². The summed E-state index contributed by atoms with van der Waals surface area (Å²) in [6.07, 6.45) is 0. The monoisotopic (exact) mass is 872 g/mol. The van der Waals surface area contributed by atoms with Crippen molar-refractivity contribution in [2.75, 3.05) is 9.80 Å². The van der Waals surface area contributed by atoms with Crippen molar-refractivity contribution in [3.05, 3.63) is 265 Å². The first-order valence-corrected chi connectivity index (χ1v) is 23.9. The first-order valence-electron chi connectivity index (χ1n) is 23.9. The first kappa shape index (κ1) is 41.2. The van der Waals surface area contributed by atoms with Crippen molar-refractivity contribution in [3.63, 3.8) is 0 Å². The summed E-state index contributed by atoms with van der Waals surface area (Å²) in [5, 5.41) is 0. The normalized spacial score (nSPS) is 13.5. The standard InChI is InChI=1S/C66H52N2/c1-65(2)57-43-47(45-23-11-5-12-24-45)35-37-55(57)61-59(67(49-27-15-7-16-28-49)50-29-17-8-18-30-50)41-39-53(63(61)65)54-40-42-60(68(51-31-19-9-20-32-51)52-33-21-10-22-34-52)62-56-38-36-48(46-25-13-6-14-26-46)44-58(56)66(3,4)64(54)62/h5-44H,1-4H3. The fourth-order valence-electron chi connectivity index (χ4n) is 11.5. The highest BCUT2D eigenvalue weighted by atomic mass is 15.2. The van der Waals surface area contributed by atoms with Crippen molar-refractivity contribution in [3.8, 4) is 55.6 Å². The van der Waals surface area contributed by atoms with Gasteiger partial charge in [-0.3, -0.25) is 0 Å². The highest BCUT2D eigenvalue weighted by molar-refractivity contribution is 6.04. The number of para-hydroxylation sites is 4. The molecule has 2 aliphatic carbocycles. The van der Waals surface area contributed by atoms with Crippen LogP contribution in [0.5, 0.6) is 0 Å². The topological polar surface area (TPSA) is 6.48 Å². The summed E-state index contributed by atoms with van der Waals surface area (Å²) in [5.41, 5.74) is 24.1. The van der Waals surface area contributed by atoms with E-state index in [-0.39, 0.29) is 10.8 Å². The third kappa shape index (κ3) is 6.62. The van der Waals surface area contributed by atoms with Crippen molar-refractivity contribution < 1.29 is 0 Å². The molecule has 0 radical (unpaired) electrons. The van der Waals surface area contributed by atoms with Gasteiger partial charge in [0.15, 0.2) is 0 Å². The minimum atomic E-state index is -0.360. The van der Waals surface area contributed by atoms with E-state index in [1.165, 1.54) is 89.3 Å². The Morgan fingerprint density at radius 1 is 0.265 bits per heavy atom. The summed E-state index contributed by atoms with van der Waals surface area (Å²) in [6, 6.07) is 89.1. The second-order valence-corrected chi connectivity index (χ2v) is 19.3. The Morgan fingerprint density at radius 2 is 0.544 bits per heavy atom. The maximum Gasteiger partial charge on any atom is 0.0543 e. The zero-order valence-electron chi connectivity index (χ0n) is 39.0. The Balaban J connectivity index is 1.16. The van der Waals surface area contributed by atoms with Gasteiger partial charge in [-0.2, -0.15) is 0 Å². The molecule has 12 rings (SSSR count). The molecule has 0 atom stereocenters. The largest absolute Gasteiger partial charge is 0.310 e. The minimum absolute atomic E-state index is 0.360. The minimum Gasteiger partial charge on any atom is -0.310 e. The van der Waals surface area contributed by atoms with Gasteiger partial charge >= 0.3 is 0 Å². The van der Waals surface area contributed by atoms with Crippen LogP contribution in [0, 0.1) is 0 Å². The molecule has 0 aromatic heterocycles. The molecule has 2 aliphatic rings. The number of fused-ring (bicyclic) bond motifs is 6. The van der Waals surface area contributed by atoms with Gasteiger partial charge in [0, 0.05) is 44.7 Å². The van der Waals surface area contributed by atoms with Crippen LogP contribution >= 0.6 is 0 Å². The van der Waals surface area contributed by atoms with E-state index in [0.717, 1.165) is 22.7 Å². The Hall–Kier alpha value is -8.20. The summed E-state index contributed by atoms with van der Waals surface area (Å²) >= 11 is 0. The third-order valence-corrected chi connectivity index (χ3v) is 14.6. The number of hydrogen-bond acceptors (Lipinski definition) is 2. The van der Waals surface area contributed by atoms with Gasteiger partial charge in [0.05, 0.1) is 11.4 Å². The fourth-order valence-corrected chi connectivity index (χ4v) is 11.5. The lowest BCUT2D eigenvalue weighted by Gasteiger charge is -2.33. The molecular weight excluding hydrogens is 821 g/mol. The molecule has 0 amide bonds. The molecule has 0 heterocycles. The lowest BCUT2D eigenvalue weighted by Crippen LogP contribution is -2.20. The number of hydrogen-bond donors (Lipinski definition) is 0. The second kappa shape index (κ2) is 16.3. The van der Waals surface area contributed by atoms with Crippen molar-refractivity contribution >= 4 is 34.1 Å². The fraction of sp³-hybridized carbons (Fsp3) is 0.0909. The average Bonchev–Trinajstić information content (AvgIpc) is 3.78. The zero-order valence-corrected chi connectivity index (χ0v) is 39.0. The summed E-state index contributed by atoms with van der Waals surface area (Å²) in [7, 11) is 0. The molecule has 0 spiro atoms. The molecule has 0 N–H and O–H groups in total. The van der Waals surface area contributed by atoms with Crippen LogP contribution in [0.2, 0.25) is 0 Å². The van der Waals surface area contributed by atoms with Crippen LogP contribution in [-0.2, 0) is 10.8 Å². The lowest BCUT2D eigenvalue weighted by atomic mass is 9.74. The predicted octanol–water partition coefficient (Wildman–Crippen LogP) is 18.2. The van der Waals surface area contributed by atoms with Gasteiger partial charge in [0.1, 0.15) is 0 Å². The van der Waals surface area contributed by atoms with Crippen LogP contribution in [0.3, 0.4) is 0 Å². The smallest absolute Gasteiger partial charge is 0.0543 e. The van der Waals surface area contributed by atoms with E-state index in [9.17, 15) is 0 Å². The quantitative estimate of drug-likeness (QED) is 0.143. The highest BCUT2D eigenvalue weighted by Crippen LogP contribution is 2.62. The maximum absolute atomic E-state index is 2.46. The first-order chi connectivity index (χ1) is 33.3. The number of nitrogens with zero attached hydrogens (tertiary/aromatic N) is 2. The molecule has 2 heteroatoms. The van der Waals surface area contributed by atoms with Crippen molar-refractivity contribution in [2.45, 2.75) is 38.5 Å². The van der Waals surface area contributed by atoms with Crippen molar-refractivity contribution in [2.24, 2.45) is 0 Å².